The van der Waals surface area contributed by atoms with Gasteiger partial charge >= 0.3 is 5.97 Å². The minimum Gasteiger partial charge on any atom is -0.493 e. The van der Waals surface area contributed by atoms with E-state index in [1.165, 1.54) is 14.2 Å². The van der Waals surface area contributed by atoms with Crippen molar-refractivity contribution in [2.75, 3.05) is 38.5 Å². The summed E-state index contributed by atoms with van der Waals surface area (Å²) in [7, 11) is 4.37. The van der Waals surface area contributed by atoms with Gasteiger partial charge in [0.15, 0.2) is 11.5 Å². The van der Waals surface area contributed by atoms with Crippen LogP contribution in [0.15, 0.2) is 42.5 Å². The molecule has 0 saturated heterocycles. The number of benzene rings is 2. The zero-order valence-electron chi connectivity index (χ0n) is 14.3. The molecule has 0 aliphatic carbocycles. The van der Waals surface area contributed by atoms with Crippen LogP contribution in [0.1, 0.15) is 10.4 Å². The molecule has 0 heterocycles. The second-order valence-corrected chi connectivity index (χ2v) is 5.01. The minimum atomic E-state index is -0.469. The van der Waals surface area contributed by atoms with Gasteiger partial charge in [0, 0.05) is 17.4 Å². The number of anilines is 2. The van der Waals surface area contributed by atoms with Crippen LogP contribution in [0.5, 0.6) is 11.5 Å². The van der Waals surface area contributed by atoms with Crippen LogP contribution in [0, 0.1) is 0 Å². The van der Waals surface area contributed by atoms with E-state index in [-0.39, 0.29) is 12.5 Å². The third-order valence-electron chi connectivity index (χ3n) is 3.44. The van der Waals surface area contributed by atoms with Gasteiger partial charge in [0.2, 0.25) is 5.91 Å². The largest absolute Gasteiger partial charge is 0.493 e. The molecule has 1 amide bonds. The summed E-state index contributed by atoms with van der Waals surface area (Å²) in [4.78, 5) is 23.8. The summed E-state index contributed by atoms with van der Waals surface area (Å²) in [6.45, 7) is -0.0116. The maximum Gasteiger partial charge on any atom is 0.339 e. The highest BCUT2D eigenvalue weighted by molar-refractivity contribution is 5.98. The molecule has 0 bridgehead atoms. The van der Waals surface area contributed by atoms with E-state index < -0.39 is 5.97 Å². The van der Waals surface area contributed by atoms with Crippen molar-refractivity contribution in [2.45, 2.75) is 0 Å². The second-order valence-electron chi connectivity index (χ2n) is 5.01. The van der Waals surface area contributed by atoms with Crippen LogP contribution in [-0.4, -0.2) is 39.8 Å². The molecule has 0 atom stereocenters. The Labute approximate surface area is 145 Å². The Morgan fingerprint density at radius 1 is 0.960 bits per heavy atom. The number of esters is 1. The highest BCUT2D eigenvalue weighted by Gasteiger charge is 2.12. The lowest BCUT2D eigenvalue weighted by atomic mass is 10.2. The lowest BCUT2D eigenvalue weighted by Crippen LogP contribution is -2.22. The van der Waals surface area contributed by atoms with E-state index in [2.05, 4.69) is 10.6 Å². The zero-order valence-corrected chi connectivity index (χ0v) is 14.3. The number of ether oxygens (including phenoxy) is 3. The van der Waals surface area contributed by atoms with Crippen molar-refractivity contribution in [3.8, 4) is 11.5 Å². The smallest absolute Gasteiger partial charge is 0.339 e. The van der Waals surface area contributed by atoms with Crippen molar-refractivity contribution in [2.24, 2.45) is 0 Å². The number of rotatable bonds is 7. The maximum absolute atomic E-state index is 12.1. The molecule has 0 aromatic heterocycles. The van der Waals surface area contributed by atoms with Gasteiger partial charge in [0.25, 0.3) is 0 Å². The van der Waals surface area contributed by atoms with Crippen LogP contribution in [0.4, 0.5) is 11.4 Å². The summed E-state index contributed by atoms with van der Waals surface area (Å²) >= 11 is 0. The van der Waals surface area contributed by atoms with Gasteiger partial charge in [-0.05, 0) is 24.3 Å². The number of hydrogen-bond acceptors (Lipinski definition) is 6. The van der Waals surface area contributed by atoms with E-state index in [0.29, 0.717) is 28.4 Å². The number of carbonyl (C=O) groups excluding carboxylic acids is 2. The second kappa shape index (κ2) is 8.58. The molecular formula is C18H20N2O5. The van der Waals surface area contributed by atoms with Gasteiger partial charge in [-0.1, -0.05) is 12.1 Å². The number of methoxy groups -OCH3 is 3. The van der Waals surface area contributed by atoms with Gasteiger partial charge in [0.1, 0.15) is 0 Å². The fourth-order valence-electron chi connectivity index (χ4n) is 2.22. The lowest BCUT2D eigenvalue weighted by Gasteiger charge is -2.12. The highest BCUT2D eigenvalue weighted by Crippen LogP contribution is 2.29. The first-order valence-electron chi connectivity index (χ1n) is 7.52. The summed E-state index contributed by atoms with van der Waals surface area (Å²) in [6.07, 6.45) is 0. The zero-order chi connectivity index (χ0) is 18.2. The van der Waals surface area contributed by atoms with Crippen LogP contribution in [0.2, 0.25) is 0 Å². The molecule has 0 saturated carbocycles. The van der Waals surface area contributed by atoms with E-state index in [0.717, 1.165) is 0 Å². The van der Waals surface area contributed by atoms with Crippen molar-refractivity contribution in [3.05, 3.63) is 48.0 Å². The van der Waals surface area contributed by atoms with Gasteiger partial charge in [-0.3, -0.25) is 4.79 Å². The molecule has 2 N–H and O–H groups in total. The van der Waals surface area contributed by atoms with Crippen LogP contribution < -0.4 is 20.1 Å². The molecule has 0 aliphatic heterocycles. The first kappa shape index (κ1) is 18.1. The van der Waals surface area contributed by atoms with Gasteiger partial charge in [-0.2, -0.15) is 0 Å². The molecule has 2 rings (SSSR count). The molecule has 0 unspecified atom stereocenters. The number of carbonyl (C=O) groups is 2. The van der Waals surface area contributed by atoms with E-state index in [9.17, 15) is 9.59 Å². The first-order chi connectivity index (χ1) is 12.1. The fourth-order valence-corrected chi connectivity index (χ4v) is 2.22. The van der Waals surface area contributed by atoms with Crippen LogP contribution in [-0.2, 0) is 9.53 Å². The van der Waals surface area contributed by atoms with Crippen molar-refractivity contribution < 1.29 is 23.8 Å². The van der Waals surface area contributed by atoms with Crippen LogP contribution in [0.3, 0.4) is 0 Å². The lowest BCUT2D eigenvalue weighted by molar-refractivity contribution is -0.114. The van der Waals surface area contributed by atoms with Crippen molar-refractivity contribution >= 4 is 23.3 Å². The standard InChI is InChI=1S/C18H20N2O5/c1-23-15-9-8-12(10-16(15)24-2)20-17(21)11-19-14-7-5-4-6-13(14)18(22)25-3/h4-10,19H,11H2,1-3H3,(H,20,21). The topological polar surface area (TPSA) is 85.9 Å². The van der Waals surface area contributed by atoms with Gasteiger partial charge in [0.05, 0.1) is 33.4 Å². The molecular weight excluding hydrogens is 324 g/mol. The van der Waals surface area contributed by atoms with E-state index in [4.69, 9.17) is 14.2 Å². The Hall–Kier alpha value is -3.22. The average molecular weight is 344 g/mol. The van der Waals surface area contributed by atoms with E-state index >= 15 is 0 Å². The van der Waals surface area contributed by atoms with E-state index in [1.807, 2.05) is 0 Å². The number of para-hydroxylation sites is 1. The molecule has 0 radical (unpaired) electrons. The van der Waals surface area contributed by atoms with Gasteiger partial charge in [-0.25, -0.2) is 4.79 Å². The summed E-state index contributed by atoms with van der Waals surface area (Å²) < 4.78 is 15.1. The highest BCUT2D eigenvalue weighted by atomic mass is 16.5. The fraction of sp³-hybridized carbons (Fsp3) is 0.222. The van der Waals surface area contributed by atoms with Crippen LogP contribution in [0.25, 0.3) is 0 Å². The summed E-state index contributed by atoms with van der Waals surface area (Å²) in [5.41, 5.74) is 1.46. The number of amides is 1. The summed E-state index contributed by atoms with van der Waals surface area (Å²) in [5.74, 6) is 0.352. The Morgan fingerprint density at radius 3 is 2.36 bits per heavy atom. The maximum atomic E-state index is 12.1. The first-order valence-corrected chi connectivity index (χ1v) is 7.52. The minimum absolute atomic E-state index is 0.0116. The SMILES string of the molecule is COC(=O)c1ccccc1NCC(=O)Nc1ccc(OC)c(OC)c1. The van der Waals surface area contributed by atoms with Gasteiger partial charge < -0.3 is 24.8 Å². The van der Waals surface area contributed by atoms with Crippen LogP contribution >= 0.6 is 0 Å². The molecule has 132 valence electrons. The molecule has 0 aliphatic rings. The normalized spacial score (nSPS) is 9.88. The quantitative estimate of drug-likeness (QED) is 0.751. The number of hydrogen-bond donors (Lipinski definition) is 2. The van der Waals surface area contributed by atoms with Crippen molar-refractivity contribution in [1.82, 2.24) is 0 Å². The Balaban J connectivity index is 2.01. The Bertz CT molecular complexity index is 761. The third-order valence-corrected chi connectivity index (χ3v) is 3.44. The summed E-state index contributed by atoms with van der Waals surface area (Å²) in [5, 5.41) is 5.68. The van der Waals surface area contributed by atoms with Crippen molar-refractivity contribution in [1.29, 1.82) is 0 Å². The molecule has 0 fully saturated rings. The molecule has 2 aromatic carbocycles. The van der Waals surface area contributed by atoms with Crippen molar-refractivity contribution in [3.63, 3.8) is 0 Å². The predicted octanol–water partition coefficient (Wildman–Crippen LogP) is 2.54. The predicted molar refractivity (Wildman–Crippen MR) is 94.4 cm³/mol. The summed E-state index contributed by atoms with van der Waals surface area (Å²) in [6, 6.07) is 11.9. The monoisotopic (exact) mass is 344 g/mol. The average Bonchev–Trinajstić information content (AvgIpc) is 2.65. The molecule has 7 heteroatoms. The molecule has 7 nitrogen and oxygen atoms in total. The third kappa shape index (κ3) is 4.63. The molecule has 0 spiro atoms. The Kier molecular flexibility index (Phi) is 6.22. The van der Waals surface area contributed by atoms with E-state index in [1.54, 1.807) is 49.6 Å². The number of nitrogens with one attached hydrogen (secondary N) is 2. The van der Waals surface area contributed by atoms with Gasteiger partial charge in [-0.15, -0.1) is 0 Å². The molecule has 25 heavy (non-hydrogen) atoms. The Morgan fingerprint density at radius 2 is 1.68 bits per heavy atom. The molecule has 2 aromatic rings.